The number of anilines is 1. The van der Waals surface area contributed by atoms with E-state index in [1.54, 1.807) is 26.9 Å². The molecule has 3 aliphatic rings. The summed E-state index contributed by atoms with van der Waals surface area (Å²) in [6, 6.07) is 21.7. The Hall–Kier alpha value is -3.79. The first kappa shape index (κ1) is 33.1. The van der Waals surface area contributed by atoms with Gasteiger partial charge in [0.05, 0.1) is 30.6 Å². The van der Waals surface area contributed by atoms with Crippen LogP contribution in [0.1, 0.15) is 25.8 Å². The van der Waals surface area contributed by atoms with Gasteiger partial charge < -0.3 is 24.5 Å². The number of likely N-dealkylation sites (tertiary alicyclic amines) is 1. The fraction of sp³-hybridized carbons (Fsp3) is 0.395. The zero-order valence-electron chi connectivity index (χ0n) is 26.9. The fourth-order valence-corrected chi connectivity index (χ4v) is 8.90. The molecule has 3 aromatic rings. The number of ether oxygens (including phenoxy) is 1. The number of aliphatic hydroxyl groups excluding tert-OH is 1. The lowest BCUT2D eigenvalue weighted by atomic mass is 9.70. The first-order chi connectivity index (χ1) is 22.7. The molecule has 6 rings (SSSR count). The second kappa shape index (κ2) is 13.4. The number of aliphatic hydroxyl groups is 1. The van der Waals surface area contributed by atoms with Gasteiger partial charge in [-0.15, -0.1) is 13.2 Å². The van der Waals surface area contributed by atoms with Crippen molar-refractivity contribution >= 4 is 50.1 Å². The molecule has 3 fully saturated rings. The van der Waals surface area contributed by atoms with E-state index >= 15 is 4.79 Å². The van der Waals surface area contributed by atoms with E-state index in [4.69, 9.17) is 4.74 Å². The number of benzene rings is 3. The number of amides is 3. The monoisotopic (exact) mass is 699 g/mol. The summed E-state index contributed by atoms with van der Waals surface area (Å²) < 4.78 is 6.81. The van der Waals surface area contributed by atoms with E-state index in [-0.39, 0.29) is 41.6 Å². The van der Waals surface area contributed by atoms with Crippen molar-refractivity contribution in [1.29, 1.82) is 0 Å². The highest BCUT2D eigenvalue weighted by Crippen LogP contribution is 2.61. The summed E-state index contributed by atoms with van der Waals surface area (Å²) in [6.45, 7) is 12.2. The molecule has 2 bridgehead atoms. The Morgan fingerprint density at radius 1 is 1.02 bits per heavy atom. The third kappa shape index (κ3) is 5.62. The molecular formula is C38H42BrN3O5. The first-order valence-corrected chi connectivity index (χ1v) is 17.2. The van der Waals surface area contributed by atoms with Gasteiger partial charge in [-0.3, -0.25) is 14.4 Å². The Balaban J connectivity index is 1.44. The van der Waals surface area contributed by atoms with Crippen LogP contribution in [0.15, 0.2) is 98.1 Å². The van der Waals surface area contributed by atoms with Gasteiger partial charge in [0.2, 0.25) is 11.8 Å². The van der Waals surface area contributed by atoms with Crippen molar-refractivity contribution in [2.75, 3.05) is 24.6 Å². The van der Waals surface area contributed by atoms with E-state index in [0.717, 1.165) is 16.3 Å². The van der Waals surface area contributed by atoms with E-state index < -0.39 is 35.6 Å². The number of carbonyl (C=O) groups excluding carboxylic acids is 3. The third-order valence-corrected chi connectivity index (χ3v) is 10.9. The quantitative estimate of drug-likeness (QED) is 0.204. The highest BCUT2D eigenvalue weighted by atomic mass is 79.9. The molecular weight excluding hydrogens is 658 g/mol. The zero-order chi connectivity index (χ0) is 33.5. The van der Waals surface area contributed by atoms with Crippen LogP contribution in [0, 0.1) is 17.8 Å². The van der Waals surface area contributed by atoms with Crippen molar-refractivity contribution < 1.29 is 24.2 Å². The minimum atomic E-state index is -1.27. The summed E-state index contributed by atoms with van der Waals surface area (Å²) in [5, 5.41) is 12.7. The molecule has 8 nitrogen and oxygen atoms in total. The van der Waals surface area contributed by atoms with Crippen molar-refractivity contribution in [3.8, 4) is 0 Å². The van der Waals surface area contributed by atoms with Crippen LogP contribution in [0.5, 0.6) is 0 Å². The number of halogens is 1. The molecule has 3 saturated heterocycles. The van der Waals surface area contributed by atoms with Crippen molar-refractivity contribution in [3.05, 3.63) is 104 Å². The van der Waals surface area contributed by atoms with Gasteiger partial charge in [0.15, 0.2) is 0 Å². The Morgan fingerprint density at radius 3 is 2.36 bits per heavy atom. The normalized spacial score (nSPS) is 26.8. The maximum Gasteiger partial charge on any atom is 0.253 e. The predicted octanol–water partition coefficient (Wildman–Crippen LogP) is 5.34. The van der Waals surface area contributed by atoms with Gasteiger partial charge in [-0.05, 0) is 40.8 Å². The molecule has 3 aromatic carbocycles. The summed E-state index contributed by atoms with van der Waals surface area (Å²) in [5.74, 6) is -2.73. The van der Waals surface area contributed by atoms with E-state index in [1.807, 2.05) is 86.6 Å². The summed E-state index contributed by atoms with van der Waals surface area (Å²) in [6.07, 6.45) is 3.12. The molecule has 3 amide bonds. The molecule has 0 aromatic heterocycles. The van der Waals surface area contributed by atoms with Crippen molar-refractivity contribution in [2.45, 2.75) is 55.4 Å². The Kier molecular flexibility index (Phi) is 9.43. The van der Waals surface area contributed by atoms with Gasteiger partial charge in [0.1, 0.15) is 11.6 Å². The number of alkyl halides is 1. The van der Waals surface area contributed by atoms with Crippen LogP contribution in [-0.2, 0) is 25.7 Å². The largest absolute Gasteiger partial charge is 0.394 e. The molecule has 3 unspecified atom stereocenters. The maximum absolute atomic E-state index is 15.1. The van der Waals surface area contributed by atoms with Crippen molar-refractivity contribution in [2.24, 2.45) is 17.8 Å². The van der Waals surface area contributed by atoms with Gasteiger partial charge in [0, 0.05) is 30.1 Å². The highest BCUT2D eigenvalue weighted by molar-refractivity contribution is 9.09. The van der Waals surface area contributed by atoms with Crippen LogP contribution in [-0.4, -0.2) is 80.9 Å². The average Bonchev–Trinajstić information content (AvgIpc) is 3.66. The lowest BCUT2D eigenvalue weighted by molar-refractivity contribution is -0.148. The molecule has 1 spiro atoms. The topological polar surface area (TPSA) is 90.4 Å². The standard InChI is InChI=1S/C38H42BrN3O5/c1-5-18-40(22-25-12-8-7-9-13-25)35(44)31-32-36(45)42(30(23-43)24(3)4)34(38(32)21-29(39)33(31)47-38)37(46)41(19-6-2)28-17-16-26-14-10-11-15-27(26)20-28/h5-17,20,24,29-34,43H,1-2,18-19,21-23H2,3-4H3/t29?,30-,31+,32-,33+,34?,38?/m0/s1. The predicted molar refractivity (Wildman–Crippen MR) is 187 cm³/mol. The van der Waals surface area contributed by atoms with Crippen LogP contribution in [0.3, 0.4) is 0 Å². The van der Waals surface area contributed by atoms with E-state index in [2.05, 4.69) is 29.1 Å². The van der Waals surface area contributed by atoms with Crippen LogP contribution in [0.25, 0.3) is 10.8 Å². The van der Waals surface area contributed by atoms with Gasteiger partial charge in [0.25, 0.3) is 5.91 Å². The van der Waals surface area contributed by atoms with Gasteiger partial charge in [-0.25, -0.2) is 0 Å². The lowest BCUT2D eigenvalue weighted by Gasteiger charge is -2.40. The first-order valence-electron chi connectivity index (χ1n) is 16.3. The molecule has 47 heavy (non-hydrogen) atoms. The number of hydrogen-bond acceptors (Lipinski definition) is 5. The van der Waals surface area contributed by atoms with Crippen LogP contribution in [0.2, 0.25) is 0 Å². The number of hydrogen-bond donors (Lipinski definition) is 1. The molecule has 0 aliphatic carbocycles. The molecule has 3 heterocycles. The smallest absolute Gasteiger partial charge is 0.253 e. The van der Waals surface area contributed by atoms with Gasteiger partial charge >= 0.3 is 0 Å². The number of nitrogens with zero attached hydrogens (tertiary/aromatic N) is 3. The summed E-state index contributed by atoms with van der Waals surface area (Å²) in [4.78, 5) is 49.0. The Morgan fingerprint density at radius 2 is 1.70 bits per heavy atom. The SMILES string of the molecule is C=CCN(Cc1ccccc1)C(=O)[C@H]1[C@@H]2OC3(CC2Br)C(C(=O)N(CC=C)c2ccc4ccccc4c2)N([C@@H](CO)C(C)C)C(=O)[C@H]13. The molecule has 9 heteroatoms. The number of rotatable bonds is 12. The minimum absolute atomic E-state index is 0.163. The van der Waals surface area contributed by atoms with Gasteiger partial charge in [-0.2, -0.15) is 0 Å². The maximum atomic E-state index is 15.1. The zero-order valence-corrected chi connectivity index (χ0v) is 28.5. The van der Waals surface area contributed by atoms with E-state index in [9.17, 15) is 14.7 Å². The van der Waals surface area contributed by atoms with Crippen LogP contribution in [0.4, 0.5) is 5.69 Å². The number of carbonyl (C=O) groups is 3. The summed E-state index contributed by atoms with van der Waals surface area (Å²) in [5.41, 5.74) is 0.361. The third-order valence-electron chi connectivity index (χ3n) is 10.1. The van der Waals surface area contributed by atoms with Gasteiger partial charge in [-0.1, -0.05) is 103 Å². The Labute approximate surface area is 284 Å². The fourth-order valence-electron chi connectivity index (χ4n) is 7.95. The lowest BCUT2D eigenvalue weighted by Crippen LogP contribution is -2.60. The number of fused-ring (bicyclic) bond motifs is 2. The average molecular weight is 701 g/mol. The Bertz CT molecular complexity index is 1680. The molecule has 0 saturated carbocycles. The molecule has 0 radical (unpaired) electrons. The van der Waals surface area contributed by atoms with Crippen molar-refractivity contribution in [3.63, 3.8) is 0 Å². The van der Waals surface area contributed by atoms with Crippen LogP contribution >= 0.6 is 15.9 Å². The van der Waals surface area contributed by atoms with E-state index in [1.165, 1.54) is 0 Å². The second-order valence-corrected chi connectivity index (χ2v) is 14.3. The van der Waals surface area contributed by atoms with Crippen molar-refractivity contribution in [1.82, 2.24) is 9.80 Å². The van der Waals surface area contributed by atoms with Crippen LogP contribution < -0.4 is 4.90 Å². The molecule has 3 aliphatic heterocycles. The van der Waals surface area contributed by atoms with E-state index in [0.29, 0.717) is 25.2 Å². The second-order valence-electron chi connectivity index (χ2n) is 13.2. The highest BCUT2D eigenvalue weighted by Gasteiger charge is 2.77. The molecule has 1 N–H and O–H groups in total. The molecule has 7 atom stereocenters. The summed E-state index contributed by atoms with van der Waals surface area (Å²) >= 11 is 3.79. The molecule has 246 valence electrons. The summed E-state index contributed by atoms with van der Waals surface area (Å²) in [7, 11) is 0. The minimum Gasteiger partial charge on any atom is -0.394 e.